The fourth-order valence-corrected chi connectivity index (χ4v) is 1.95. The minimum Gasteiger partial charge on any atom is -0.286 e. The first-order valence-corrected chi connectivity index (χ1v) is 5.40. The van der Waals surface area contributed by atoms with Gasteiger partial charge in [0, 0.05) is 30.9 Å². The van der Waals surface area contributed by atoms with Gasteiger partial charge in [-0.2, -0.15) is 5.26 Å². The Balaban J connectivity index is 2.18. The number of hydrogen-bond donors (Lipinski definition) is 0. The van der Waals surface area contributed by atoms with Crippen molar-refractivity contribution in [3.05, 3.63) is 29.1 Å². The minimum atomic E-state index is 0.523. The molecular weight excluding hydrogens is 186 g/mol. The van der Waals surface area contributed by atoms with Gasteiger partial charge in [0.25, 0.3) is 0 Å². The largest absolute Gasteiger partial charge is 0.286 e. The number of aryl methyl sites for hydroxylation is 1. The van der Waals surface area contributed by atoms with Gasteiger partial charge in [0.2, 0.25) is 0 Å². The first kappa shape index (κ1) is 10.1. The number of rotatable bonds is 2. The standard InChI is InChI=1S/C12H15N3/c1-2-11-4-3-10-9-15(8-6-13)7-5-12(10)14-11/h3-4H,2,5,7-9H2,1H3. The lowest BCUT2D eigenvalue weighted by atomic mass is 10.0. The van der Waals surface area contributed by atoms with Crippen molar-refractivity contribution in [1.82, 2.24) is 9.88 Å². The zero-order valence-corrected chi connectivity index (χ0v) is 9.03. The molecule has 0 N–H and O–H groups in total. The van der Waals surface area contributed by atoms with E-state index in [1.807, 2.05) is 0 Å². The highest BCUT2D eigenvalue weighted by Gasteiger charge is 2.16. The van der Waals surface area contributed by atoms with E-state index in [0.29, 0.717) is 6.54 Å². The molecule has 0 saturated heterocycles. The summed E-state index contributed by atoms with van der Waals surface area (Å²) in [6.45, 7) is 4.48. The summed E-state index contributed by atoms with van der Waals surface area (Å²) in [7, 11) is 0. The van der Waals surface area contributed by atoms with Gasteiger partial charge >= 0.3 is 0 Å². The summed E-state index contributed by atoms with van der Waals surface area (Å²) in [5, 5.41) is 8.64. The van der Waals surface area contributed by atoms with Gasteiger partial charge in [-0.1, -0.05) is 13.0 Å². The second-order valence-corrected chi connectivity index (χ2v) is 3.88. The van der Waals surface area contributed by atoms with E-state index in [-0.39, 0.29) is 0 Å². The highest BCUT2D eigenvalue weighted by atomic mass is 15.1. The quantitative estimate of drug-likeness (QED) is 0.681. The van der Waals surface area contributed by atoms with Crippen LogP contribution in [0.1, 0.15) is 23.9 Å². The van der Waals surface area contributed by atoms with Crippen LogP contribution in [0.15, 0.2) is 12.1 Å². The Hall–Kier alpha value is -1.40. The monoisotopic (exact) mass is 201 g/mol. The van der Waals surface area contributed by atoms with E-state index >= 15 is 0 Å². The van der Waals surface area contributed by atoms with Gasteiger partial charge in [-0.3, -0.25) is 9.88 Å². The van der Waals surface area contributed by atoms with Gasteiger partial charge in [-0.15, -0.1) is 0 Å². The average Bonchev–Trinajstić information content (AvgIpc) is 2.29. The molecule has 0 amide bonds. The zero-order chi connectivity index (χ0) is 10.7. The Kier molecular flexibility index (Phi) is 2.98. The number of nitriles is 1. The molecule has 0 fully saturated rings. The Morgan fingerprint density at radius 2 is 2.40 bits per heavy atom. The van der Waals surface area contributed by atoms with E-state index in [1.54, 1.807) is 0 Å². The fourth-order valence-electron chi connectivity index (χ4n) is 1.95. The minimum absolute atomic E-state index is 0.523. The number of hydrogen-bond acceptors (Lipinski definition) is 3. The number of aromatic nitrogens is 1. The topological polar surface area (TPSA) is 39.9 Å². The van der Waals surface area contributed by atoms with E-state index in [4.69, 9.17) is 5.26 Å². The SMILES string of the molecule is CCc1ccc2c(n1)CCN(CC#N)C2. The van der Waals surface area contributed by atoms with Crippen molar-refractivity contribution in [3.63, 3.8) is 0 Å². The molecule has 1 aromatic rings. The second-order valence-electron chi connectivity index (χ2n) is 3.88. The van der Waals surface area contributed by atoms with Crippen LogP contribution in [0.4, 0.5) is 0 Å². The third-order valence-corrected chi connectivity index (χ3v) is 2.84. The van der Waals surface area contributed by atoms with Crippen LogP contribution in [-0.4, -0.2) is 23.0 Å². The number of pyridine rings is 1. The Morgan fingerprint density at radius 1 is 1.53 bits per heavy atom. The first-order valence-electron chi connectivity index (χ1n) is 5.40. The molecule has 3 nitrogen and oxygen atoms in total. The fraction of sp³-hybridized carbons (Fsp3) is 0.500. The Bertz CT molecular complexity index is 392. The molecule has 2 rings (SSSR count). The highest BCUT2D eigenvalue weighted by Crippen LogP contribution is 2.17. The molecule has 0 saturated carbocycles. The lowest BCUT2D eigenvalue weighted by Gasteiger charge is -2.25. The third kappa shape index (κ3) is 2.16. The summed E-state index contributed by atoms with van der Waals surface area (Å²) >= 11 is 0. The maximum absolute atomic E-state index is 8.64. The van der Waals surface area contributed by atoms with E-state index in [9.17, 15) is 0 Å². The molecule has 0 aliphatic carbocycles. The van der Waals surface area contributed by atoms with Gasteiger partial charge in [0.05, 0.1) is 12.6 Å². The molecule has 78 valence electrons. The van der Waals surface area contributed by atoms with Crippen molar-refractivity contribution in [2.45, 2.75) is 26.3 Å². The summed E-state index contributed by atoms with van der Waals surface area (Å²) in [4.78, 5) is 6.78. The van der Waals surface area contributed by atoms with Crippen LogP contribution >= 0.6 is 0 Å². The van der Waals surface area contributed by atoms with Crippen LogP contribution in [0, 0.1) is 11.3 Å². The van der Waals surface area contributed by atoms with Crippen LogP contribution < -0.4 is 0 Å². The molecule has 1 aliphatic rings. The maximum atomic E-state index is 8.64. The third-order valence-electron chi connectivity index (χ3n) is 2.84. The van der Waals surface area contributed by atoms with Crippen molar-refractivity contribution in [2.24, 2.45) is 0 Å². The molecular formula is C12H15N3. The normalized spacial score (nSPS) is 15.7. The number of nitrogens with zero attached hydrogens (tertiary/aromatic N) is 3. The van der Waals surface area contributed by atoms with E-state index in [1.165, 1.54) is 17.0 Å². The van der Waals surface area contributed by atoms with Crippen molar-refractivity contribution < 1.29 is 0 Å². The molecule has 0 bridgehead atoms. The smallest absolute Gasteiger partial charge is 0.0868 e. The van der Waals surface area contributed by atoms with Crippen LogP contribution in [-0.2, 0) is 19.4 Å². The Labute approximate surface area is 90.4 Å². The van der Waals surface area contributed by atoms with Gasteiger partial charge in [0.15, 0.2) is 0 Å². The molecule has 3 heteroatoms. The second kappa shape index (κ2) is 4.41. The van der Waals surface area contributed by atoms with E-state index in [2.05, 4.69) is 35.0 Å². The van der Waals surface area contributed by atoms with Crippen LogP contribution in [0.25, 0.3) is 0 Å². The molecule has 0 unspecified atom stereocenters. The molecule has 0 radical (unpaired) electrons. The summed E-state index contributed by atoms with van der Waals surface area (Å²) in [5.41, 5.74) is 3.68. The van der Waals surface area contributed by atoms with Crippen LogP contribution in [0.2, 0.25) is 0 Å². The summed E-state index contributed by atoms with van der Waals surface area (Å²) in [5.74, 6) is 0. The average molecular weight is 201 g/mol. The molecule has 1 aromatic heterocycles. The van der Waals surface area contributed by atoms with Crippen LogP contribution in [0.3, 0.4) is 0 Å². The lowest BCUT2D eigenvalue weighted by Crippen LogP contribution is -2.31. The first-order chi connectivity index (χ1) is 7.33. The van der Waals surface area contributed by atoms with E-state index < -0.39 is 0 Å². The van der Waals surface area contributed by atoms with Gasteiger partial charge in [0.1, 0.15) is 0 Å². The van der Waals surface area contributed by atoms with Crippen molar-refractivity contribution in [2.75, 3.05) is 13.1 Å². The lowest BCUT2D eigenvalue weighted by molar-refractivity contribution is 0.282. The van der Waals surface area contributed by atoms with Crippen molar-refractivity contribution >= 4 is 0 Å². The maximum Gasteiger partial charge on any atom is 0.0868 e. The van der Waals surface area contributed by atoms with Gasteiger partial charge in [-0.25, -0.2) is 0 Å². The molecule has 0 atom stereocenters. The predicted octanol–water partition coefficient (Wildman–Crippen LogP) is 1.53. The molecule has 15 heavy (non-hydrogen) atoms. The molecule has 2 heterocycles. The molecule has 0 aromatic carbocycles. The van der Waals surface area contributed by atoms with Crippen molar-refractivity contribution in [1.29, 1.82) is 5.26 Å². The predicted molar refractivity (Wildman–Crippen MR) is 58.2 cm³/mol. The summed E-state index contributed by atoms with van der Waals surface area (Å²) < 4.78 is 0. The van der Waals surface area contributed by atoms with Gasteiger partial charge in [-0.05, 0) is 18.1 Å². The highest BCUT2D eigenvalue weighted by molar-refractivity contribution is 5.25. The molecule has 1 aliphatic heterocycles. The van der Waals surface area contributed by atoms with E-state index in [0.717, 1.165) is 25.9 Å². The zero-order valence-electron chi connectivity index (χ0n) is 9.03. The Morgan fingerprint density at radius 3 is 3.13 bits per heavy atom. The van der Waals surface area contributed by atoms with Crippen molar-refractivity contribution in [3.8, 4) is 6.07 Å². The van der Waals surface area contributed by atoms with Gasteiger partial charge < -0.3 is 0 Å². The van der Waals surface area contributed by atoms with Crippen LogP contribution in [0.5, 0.6) is 0 Å². The summed E-state index contributed by atoms with van der Waals surface area (Å²) in [6.07, 6.45) is 1.97. The molecule has 0 spiro atoms. The summed E-state index contributed by atoms with van der Waals surface area (Å²) in [6, 6.07) is 6.45. The number of fused-ring (bicyclic) bond motifs is 1.